The maximum atomic E-state index is 5.58. The molecule has 0 radical (unpaired) electrons. The van der Waals surface area contributed by atoms with Crippen LogP contribution in [0.1, 0.15) is 0 Å². The van der Waals surface area contributed by atoms with Crippen molar-refractivity contribution in [2.24, 2.45) is 5.73 Å². The summed E-state index contributed by atoms with van der Waals surface area (Å²) in [4.78, 5) is 9.60. The van der Waals surface area contributed by atoms with E-state index in [9.17, 15) is 0 Å². The first-order valence-electron chi connectivity index (χ1n) is 6.28. The van der Waals surface area contributed by atoms with Crippen molar-refractivity contribution in [2.75, 3.05) is 37.6 Å². The van der Waals surface area contributed by atoms with Gasteiger partial charge in [-0.15, -0.1) is 0 Å². The number of aromatic nitrogens is 3. The van der Waals surface area contributed by atoms with Crippen LogP contribution >= 0.6 is 12.2 Å². The third-order valence-electron chi connectivity index (χ3n) is 3.36. The van der Waals surface area contributed by atoms with Crippen LogP contribution in [0.15, 0.2) is 24.7 Å². The van der Waals surface area contributed by atoms with E-state index in [0.29, 0.717) is 11.5 Å². The first kappa shape index (κ1) is 12.3. The fraction of sp³-hybridized carbons (Fsp3) is 0.417. The molecule has 2 aromatic rings. The molecule has 1 saturated heterocycles. The van der Waals surface area contributed by atoms with Crippen LogP contribution < -0.4 is 10.6 Å². The normalized spacial score (nSPS) is 16.9. The number of hydrogen-bond donors (Lipinski definition) is 1. The number of hydrogen-bond acceptors (Lipinski definition) is 5. The lowest BCUT2D eigenvalue weighted by Crippen LogP contribution is -2.49. The van der Waals surface area contributed by atoms with Crippen LogP contribution in [0.4, 0.5) is 5.82 Å². The van der Waals surface area contributed by atoms with Gasteiger partial charge in [-0.1, -0.05) is 12.2 Å². The molecular formula is C12H16N6S. The topological polar surface area (TPSA) is 62.7 Å². The van der Waals surface area contributed by atoms with Gasteiger partial charge in [-0.25, -0.2) is 9.50 Å². The molecule has 0 aliphatic carbocycles. The Morgan fingerprint density at radius 1 is 1.26 bits per heavy atom. The maximum Gasteiger partial charge on any atom is 0.154 e. The first-order chi connectivity index (χ1) is 9.24. The fourth-order valence-corrected chi connectivity index (χ4v) is 2.61. The van der Waals surface area contributed by atoms with Crippen LogP contribution in [0.3, 0.4) is 0 Å². The van der Waals surface area contributed by atoms with Crippen molar-refractivity contribution in [1.82, 2.24) is 19.5 Å². The smallest absolute Gasteiger partial charge is 0.154 e. The van der Waals surface area contributed by atoms with E-state index in [-0.39, 0.29) is 0 Å². The summed E-state index contributed by atoms with van der Waals surface area (Å²) in [5, 5.41) is 4.23. The fourth-order valence-electron chi connectivity index (χ4n) is 2.43. The van der Waals surface area contributed by atoms with Gasteiger partial charge in [0.2, 0.25) is 0 Å². The molecule has 0 amide bonds. The number of anilines is 1. The molecule has 0 unspecified atom stereocenters. The lowest BCUT2D eigenvalue weighted by atomic mass is 10.3. The van der Waals surface area contributed by atoms with E-state index in [2.05, 4.69) is 19.9 Å². The van der Waals surface area contributed by atoms with Crippen molar-refractivity contribution in [2.45, 2.75) is 0 Å². The third-order valence-corrected chi connectivity index (χ3v) is 3.48. The van der Waals surface area contributed by atoms with Crippen LogP contribution in [-0.4, -0.2) is 57.2 Å². The predicted molar refractivity (Wildman–Crippen MR) is 78.4 cm³/mol. The monoisotopic (exact) mass is 276 g/mol. The zero-order chi connectivity index (χ0) is 13.2. The van der Waals surface area contributed by atoms with Crippen LogP contribution in [0.25, 0.3) is 5.52 Å². The molecule has 1 fully saturated rings. The molecule has 3 rings (SSSR count). The average molecular weight is 276 g/mol. The molecule has 100 valence electrons. The van der Waals surface area contributed by atoms with Crippen molar-refractivity contribution < 1.29 is 0 Å². The Morgan fingerprint density at radius 2 is 2.05 bits per heavy atom. The molecule has 2 N–H and O–H groups in total. The van der Waals surface area contributed by atoms with Gasteiger partial charge in [0.15, 0.2) is 5.82 Å². The molecule has 19 heavy (non-hydrogen) atoms. The van der Waals surface area contributed by atoms with Crippen molar-refractivity contribution >= 4 is 28.5 Å². The zero-order valence-electron chi connectivity index (χ0n) is 10.6. The Labute approximate surface area is 116 Å². The molecule has 3 heterocycles. The van der Waals surface area contributed by atoms with E-state index in [1.165, 1.54) is 0 Å². The Hall–Kier alpha value is -1.73. The van der Waals surface area contributed by atoms with E-state index in [1.54, 1.807) is 12.4 Å². The van der Waals surface area contributed by atoms with Crippen molar-refractivity contribution in [1.29, 1.82) is 0 Å². The quantitative estimate of drug-likeness (QED) is 0.805. The number of nitrogens with zero attached hydrogens (tertiary/aromatic N) is 5. The molecule has 6 nitrogen and oxygen atoms in total. The minimum absolute atomic E-state index is 0.560. The molecule has 1 aliphatic rings. The minimum atomic E-state index is 0.560. The molecule has 0 bridgehead atoms. The van der Waals surface area contributed by atoms with Crippen LogP contribution in [0.2, 0.25) is 0 Å². The molecule has 2 aromatic heterocycles. The van der Waals surface area contributed by atoms with Crippen LogP contribution in [0, 0.1) is 0 Å². The molecule has 0 aromatic carbocycles. The SMILES string of the molecule is NC(=S)CN1CCN(c2nccn3nccc23)CC1. The number of nitrogens with two attached hydrogens (primary N) is 1. The van der Waals surface area contributed by atoms with Crippen molar-refractivity contribution in [3.8, 4) is 0 Å². The summed E-state index contributed by atoms with van der Waals surface area (Å²) in [6.45, 7) is 4.47. The zero-order valence-corrected chi connectivity index (χ0v) is 11.4. The summed E-state index contributed by atoms with van der Waals surface area (Å²) in [5.74, 6) is 0.995. The van der Waals surface area contributed by atoms with E-state index in [1.807, 2.05) is 16.8 Å². The van der Waals surface area contributed by atoms with Crippen molar-refractivity contribution in [3.05, 3.63) is 24.7 Å². The largest absolute Gasteiger partial charge is 0.392 e. The van der Waals surface area contributed by atoms with E-state index < -0.39 is 0 Å². The standard InChI is InChI=1S/C12H16N6S/c13-11(19)9-16-5-7-17(8-6-16)12-10-1-2-15-18(10)4-3-14-12/h1-4H,5-9H2,(H2,13,19). The highest BCUT2D eigenvalue weighted by Crippen LogP contribution is 2.19. The molecule has 0 saturated carbocycles. The van der Waals surface area contributed by atoms with Crippen LogP contribution in [0.5, 0.6) is 0 Å². The number of rotatable bonds is 3. The summed E-state index contributed by atoms with van der Waals surface area (Å²) in [6.07, 6.45) is 5.45. The lowest BCUT2D eigenvalue weighted by molar-refractivity contribution is 0.292. The molecule has 1 aliphatic heterocycles. The van der Waals surface area contributed by atoms with Gasteiger partial charge in [-0.05, 0) is 6.07 Å². The first-order valence-corrected chi connectivity index (χ1v) is 6.69. The summed E-state index contributed by atoms with van der Waals surface area (Å²) in [5.41, 5.74) is 6.63. The molecule has 0 atom stereocenters. The second-order valence-electron chi connectivity index (χ2n) is 4.64. The van der Waals surface area contributed by atoms with Gasteiger partial charge >= 0.3 is 0 Å². The summed E-state index contributed by atoms with van der Waals surface area (Å²) in [7, 11) is 0. The highest BCUT2D eigenvalue weighted by atomic mass is 32.1. The third kappa shape index (κ3) is 2.52. The van der Waals surface area contributed by atoms with E-state index in [0.717, 1.165) is 37.5 Å². The number of fused-ring (bicyclic) bond motifs is 1. The van der Waals surface area contributed by atoms with Crippen LogP contribution in [-0.2, 0) is 0 Å². The van der Waals surface area contributed by atoms with Crippen molar-refractivity contribution in [3.63, 3.8) is 0 Å². The van der Waals surface area contributed by atoms with Gasteiger partial charge in [0.25, 0.3) is 0 Å². The second kappa shape index (κ2) is 5.10. The Morgan fingerprint density at radius 3 is 2.79 bits per heavy atom. The Balaban J connectivity index is 1.75. The molecular weight excluding hydrogens is 260 g/mol. The maximum absolute atomic E-state index is 5.58. The summed E-state index contributed by atoms with van der Waals surface area (Å²) >= 11 is 4.95. The molecule has 0 spiro atoms. The Kier molecular flexibility index (Phi) is 3.31. The Bertz CT molecular complexity index is 587. The second-order valence-corrected chi connectivity index (χ2v) is 5.17. The van der Waals surface area contributed by atoms with Gasteiger partial charge in [0, 0.05) is 45.1 Å². The van der Waals surface area contributed by atoms with Gasteiger partial charge in [0.1, 0.15) is 5.52 Å². The van der Waals surface area contributed by atoms with Gasteiger partial charge in [-0.3, -0.25) is 4.90 Å². The lowest BCUT2D eigenvalue weighted by Gasteiger charge is -2.35. The minimum Gasteiger partial charge on any atom is -0.392 e. The average Bonchev–Trinajstić information content (AvgIpc) is 2.87. The highest BCUT2D eigenvalue weighted by molar-refractivity contribution is 7.80. The van der Waals surface area contributed by atoms with Gasteiger partial charge in [-0.2, -0.15) is 5.10 Å². The van der Waals surface area contributed by atoms with E-state index >= 15 is 0 Å². The number of piperazine rings is 1. The van der Waals surface area contributed by atoms with Gasteiger partial charge < -0.3 is 10.6 Å². The highest BCUT2D eigenvalue weighted by Gasteiger charge is 2.20. The molecule has 7 heteroatoms. The number of thiocarbonyl (C=S) groups is 1. The summed E-state index contributed by atoms with van der Waals surface area (Å²) < 4.78 is 1.85. The summed E-state index contributed by atoms with van der Waals surface area (Å²) in [6, 6.07) is 1.99. The predicted octanol–water partition coefficient (Wildman–Crippen LogP) is 0.137. The van der Waals surface area contributed by atoms with Gasteiger partial charge in [0.05, 0.1) is 11.2 Å². The van der Waals surface area contributed by atoms with E-state index in [4.69, 9.17) is 18.0 Å².